The number of esters is 1. The number of halogens is 1. The van der Waals surface area contributed by atoms with Crippen molar-refractivity contribution in [3.8, 4) is 5.75 Å². The topological polar surface area (TPSA) is 74.8 Å². The van der Waals surface area contributed by atoms with E-state index in [4.69, 9.17) is 26.1 Å². The Balaban J connectivity index is 1.54. The van der Waals surface area contributed by atoms with Crippen LogP contribution in [0.15, 0.2) is 100 Å². The van der Waals surface area contributed by atoms with E-state index in [1.165, 1.54) is 11.3 Å². The standard InChI is InChI=1S/C35H32ClN3O4S/c1-5-42-34(41)31-22(4)37-35-39(32(31)26-14-8-11-17-29(26)43-21(2)3)33(40)30(44-35)18-24-20-38(28-16-10-7-13-25(24)28)19-23-12-6-9-15-27(23)36/h6-18,20-21,32H,5,19H2,1-4H3/b30-18-/t32-/m0/s1. The minimum atomic E-state index is -0.760. The quantitative estimate of drug-likeness (QED) is 0.191. The molecule has 0 N–H and O–H groups in total. The Morgan fingerprint density at radius 3 is 2.57 bits per heavy atom. The maximum absolute atomic E-state index is 14.3. The van der Waals surface area contributed by atoms with E-state index in [9.17, 15) is 9.59 Å². The van der Waals surface area contributed by atoms with Crippen LogP contribution in [-0.2, 0) is 16.1 Å². The highest BCUT2D eigenvalue weighted by molar-refractivity contribution is 7.07. The number of ether oxygens (including phenoxy) is 2. The monoisotopic (exact) mass is 625 g/mol. The maximum Gasteiger partial charge on any atom is 0.338 e. The summed E-state index contributed by atoms with van der Waals surface area (Å²) in [4.78, 5) is 32.9. The fourth-order valence-electron chi connectivity index (χ4n) is 5.63. The van der Waals surface area contributed by atoms with Crippen molar-refractivity contribution < 1.29 is 14.3 Å². The van der Waals surface area contributed by atoms with E-state index in [2.05, 4.69) is 10.6 Å². The Morgan fingerprint density at radius 2 is 1.80 bits per heavy atom. The molecule has 0 spiro atoms. The highest BCUT2D eigenvalue weighted by Gasteiger charge is 2.35. The summed E-state index contributed by atoms with van der Waals surface area (Å²) in [5, 5.41) is 1.72. The Hall–Kier alpha value is -4.40. The summed E-state index contributed by atoms with van der Waals surface area (Å²) >= 11 is 7.79. The van der Waals surface area contributed by atoms with Crippen molar-refractivity contribution in [2.45, 2.75) is 46.4 Å². The van der Waals surface area contributed by atoms with Gasteiger partial charge in [0.25, 0.3) is 5.56 Å². The molecule has 0 saturated heterocycles. The van der Waals surface area contributed by atoms with Crippen LogP contribution in [0.3, 0.4) is 0 Å². The number of benzene rings is 3. The molecular weight excluding hydrogens is 594 g/mol. The van der Waals surface area contributed by atoms with Crippen molar-refractivity contribution in [1.29, 1.82) is 0 Å². The number of aromatic nitrogens is 2. The van der Waals surface area contributed by atoms with E-state index < -0.39 is 12.0 Å². The van der Waals surface area contributed by atoms with Gasteiger partial charge >= 0.3 is 5.97 Å². The average molecular weight is 626 g/mol. The third-order valence-electron chi connectivity index (χ3n) is 7.50. The molecule has 44 heavy (non-hydrogen) atoms. The number of nitrogens with zero attached hydrogens (tertiary/aromatic N) is 3. The molecule has 0 amide bonds. The molecule has 0 aliphatic carbocycles. The Morgan fingerprint density at radius 1 is 1.07 bits per heavy atom. The molecule has 0 unspecified atom stereocenters. The zero-order chi connectivity index (χ0) is 31.0. The van der Waals surface area contributed by atoms with Crippen LogP contribution >= 0.6 is 22.9 Å². The minimum Gasteiger partial charge on any atom is -0.491 e. The lowest BCUT2D eigenvalue weighted by Crippen LogP contribution is -2.40. The average Bonchev–Trinajstić information content (AvgIpc) is 3.50. The summed E-state index contributed by atoms with van der Waals surface area (Å²) < 4.78 is 15.9. The number of hydrogen-bond acceptors (Lipinski definition) is 6. The normalized spacial score (nSPS) is 15.0. The molecule has 3 aromatic carbocycles. The van der Waals surface area contributed by atoms with Gasteiger partial charge in [-0.1, -0.05) is 77.5 Å². The molecule has 0 saturated carbocycles. The van der Waals surface area contributed by atoms with Gasteiger partial charge in [0, 0.05) is 39.8 Å². The van der Waals surface area contributed by atoms with Gasteiger partial charge in [0.15, 0.2) is 4.80 Å². The second-order valence-electron chi connectivity index (χ2n) is 10.8. The number of thiazole rings is 1. The van der Waals surface area contributed by atoms with Crippen LogP contribution in [0.4, 0.5) is 0 Å². The number of para-hydroxylation sites is 2. The van der Waals surface area contributed by atoms with E-state index in [1.54, 1.807) is 18.4 Å². The van der Waals surface area contributed by atoms with Crippen molar-refractivity contribution >= 4 is 45.9 Å². The zero-order valence-electron chi connectivity index (χ0n) is 24.9. The molecule has 6 rings (SSSR count). The lowest BCUT2D eigenvalue weighted by molar-refractivity contribution is -0.139. The van der Waals surface area contributed by atoms with E-state index in [-0.39, 0.29) is 18.3 Å². The summed E-state index contributed by atoms with van der Waals surface area (Å²) in [6.45, 7) is 8.22. The first-order chi connectivity index (χ1) is 21.3. The van der Waals surface area contributed by atoms with Gasteiger partial charge in [-0.05, 0) is 57.5 Å². The Labute approximate surface area is 264 Å². The summed E-state index contributed by atoms with van der Waals surface area (Å²) in [6, 6.07) is 22.6. The van der Waals surface area contributed by atoms with Gasteiger partial charge in [-0.25, -0.2) is 9.79 Å². The maximum atomic E-state index is 14.3. The van der Waals surface area contributed by atoms with Gasteiger partial charge in [0.05, 0.1) is 28.5 Å². The molecule has 7 nitrogen and oxygen atoms in total. The molecule has 224 valence electrons. The molecule has 2 aromatic heterocycles. The predicted molar refractivity (Wildman–Crippen MR) is 175 cm³/mol. The molecule has 1 aliphatic heterocycles. The Bertz CT molecular complexity index is 2100. The van der Waals surface area contributed by atoms with E-state index in [0.29, 0.717) is 43.5 Å². The van der Waals surface area contributed by atoms with E-state index >= 15 is 0 Å². The first-order valence-electron chi connectivity index (χ1n) is 14.5. The summed E-state index contributed by atoms with van der Waals surface area (Å²) in [7, 11) is 0. The SMILES string of the molecule is CCOC(=O)C1=C(C)N=c2s/c(=C\c3cn(Cc4ccccc4Cl)c4ccccc34)c(=O)n2[C@H]1c1ccccc1OC(C)C. The van der Waals surface area contributed by atoms with Gasteiger partial charge in [-0.3, -0.25) is 9.36 Å². The molecule has 0 radical (unpaired) electrons. The molecule has 1 aliphatic rings. The predicted octanol–water partition coefficient (Wildman–Crippen LogP) is 6.24. The van der Waals surface area contributed by atoms with Crippen LogP contribution in [0, 0.1) is 0 Å². The molecule has 9 heteroatoms. The van der Waals surface area contributed by atoms with Crippen molar-refractivity contribution in [2.24, 2.45) is 4.99 Å². The minimum absolute atomic E-state index is 0.105. The summed E-state index contributed by atoms with van der Waals surface area (Å²) in [6.07, 6.45) is 3.85. The third-order valence-corrected chi connectivity index (χ3v) is 8.85. The second-order valence-corrected chi connectivity index (χ2v) is 12.2. The van der Waals surface area contributed by atoms with Gasteiger partial charge < -0.3 is 14.0 Å². The smallest absolute Gasteiger partial charge is 0.338 e. The highest BCUT2D eigenvalue weighted by Crippen LogP contribution is 2.36. The van der Waals surface area contributed by atoms with Crippen LogP contribution in [0.25, 0.3) is 17.0 Å². The number of carbonyl (C=O) groups is 1. The number of allylic oxidation sites excluding steroid dienone is 1. The number of rotatable bonds is 8. The highest BCUT2D eigenvalue weighted by atomic mass is 35.5. The van der Waals surface area contributed by atoms with Crippen LogP contribution in [-0.4, -0.2) is 27.8 Å². The molecular formula is C35H32ClN3O4S. The number of carbonyl (C=O) groups excluding carboxylic acids is 1. The lowest BCUT2D eigenvalue weighted by atomic mass is 9.95. The zero-order valence-corrected chi connectivity index (χ0v) is 26.5. The van der Waals surface area contributed by atoms with Crippen molar-refractivity contribution in [2.75, 3.05) is 6.61 Å². The molecule has 0 fully saturated rings. The van der Waals surface area contributed by atoms with Crippen LogP contribution < -0.4 is 19.6 Å². The Kier molecular flexibility index (Phi) is 8.29. The van der Waals surface area contributed by atoms with E-state index in [1.807, 2.05) is 92.9 Å². The molecule has 5 aromatic rings. The summed E-state index contributed by atoms with van der Waals surface area (Å²) in [5.74, 6) is 0.0937. The lowest BCUT2D eigenvalue weighted by Gasteiger charge is -2.26. The fraction of sp³-hybridized carbons (Fsp3) is 0.229. The first kappa shape index (κ1) is 29.7. The van der Waals surface area contributed by atoms with Crippen molar-refractivity contribution in [3.63, 3.8) is 0 Å². The van der Waals surface area contributed by atoms with Gasteiger partial charge in [-0.15, -0.1) is 0 Å². The van der Waals surface area contributed by atoms with Crippen molar-refractivity contribution in [1.82, 2.24) is 9.13 Å². The van der Waals surface area contributed by atoms with Gasteiger partial charge in [0.2, 0.25) is 0 Å². The first-order valence-corrected chi connectivity index (χ1v) is 15.7. The van der Waals surface area contributed by atoms with Gasteiger partial charge in [0.1, 0.15) is 11.8 Å². The number of fused-ring (bicyclic) bond motifs is 2. The summed E-state index contributed by atoms with van der Waals surface area (Å²) in [5.41, 5.74) is 4.23. The third kappa shape index (κ3) is 5.51. The van der Waals surface area contributed by atoms with Crippen LogP contribution in [0.2, 0.25) is 5.02 Å². The van der Waals surface area contributed by atoms with Crippen LogP contribution in [0.1, 0.15) is 50.4 Å². The van der Waals surface area contributed by atoms with E-state index in [0.717, 1.165) is 22.0 Å². The fourth-order valence-corrected chi connectivity index (χ4v) is 6.86. The van der Waals surface area contributed by atoms with Gasteiger partial charge in [-0.2, -0.15) is 0 Å². The second kappa shape index (κ2) is 12.3. The largest absolute Gasteiger partial charge is 0.491 e. The number of hydrogen-bond donors (Lipinski definition) is 0. The molecule has 1 atom stereocenters. The molecule has 3 heterocycles. The molecule has 0 bridgehead atoms. The van der Waals surface area contributed by atoms with Crippen LogP contribution in [0.5, 0.6) is 5.75 Å². The van der Waals surface area contributed by atoms with Crippen molar-refractivity contribution in [3.05, 3.63) is 132 Å².